The molecule has 2 aromatic carbocycles. The SMILES string of the molecule is CCn1cc(COc2ccc(C)cc2)c2cccc(C(=O)O)c21. The first-order valence-corrected chi connectivity index (χ1v) is 7.63. The largest absolute Gasteiger partial charge is 0.489 e. The van der Waals surface area contributed by atoms with Crippen LogP contribution in [0.4, 0.5) is 0 Å². The molecular weight excluding hydrogens is 290 g/mol. The van der Waals surface area contributed by atoms with E-state index in [9.17, 15) is 9.90 Å². The van der Waals surface area contributed by atoms with Gasteiger partial charge in [0.25, 0.3) is 0 Å². The van der Waals surface area contributed by atoms with E-state index in [0.29, 0.717) is 18.7 Å². The Morgan fingerprint density at radius 2 is 1.91 bits per heavy atom. The maximum absolute atomic E-state index is 11.5. The van der Waals surface area contributed by atoms with Gasteiger partial charge in [0.2, 0.25) is 0 Å². The molecule has 0 atom stereocenters. The molecule has 3 rings (SSSR count). The highest BCUT2D eigenvalue weighted by molar-refractivity contribution is 6.03. The van der Waals surface area contributed by atoms with Gasteiger partial charge in [-0.2, -0.15) is 0 Å². The minimum Gasteiger partial charge on any atom is -0.489 e. The second-order valence-corrected chi connectivity index (χ2v) is 5.55. The first-order valence-electron chi connectivity index (χ1n) is 7.63. The second kappa shape index (κ2) is 6.16. The van der Waals surface area contributed by atoms with Crippen LogP contribution >= 0.6 is 0 Å². The van der Waals surface area contributed by atoms with E-state index in [4.69, 9.17) is 4.74 Å². The number of fused-ring (bicyclic) bond motifs is 1. The summed E-state index contributed by atoms with van der Waals surface area (Å²) in [5.74, 6) is -0.100. The third-order valence-corrected chi connectivity index (χ3v) is 3.97. The van der Waals surface area contributed by atoms with Gasteiger partial charge in [0.15, 0.2) is 0 Å². The topological polar surface area (TPSA) is 51.5 Å². The van der Waals surface area contributed by atoms with Gasteiger partial charge < -0.3 is 14.4 Å². The summed E-state index contributed by atoms with van der Waals surface area (Å²) in [6.45, 7) is 5.16. The normalized spacial score (nSPS) is 10.9. The first kappa shape index (κ1) is 15.2. The molecule has 0 amide bonds. The van der Waals surface area contributed by atoms with E-state index in [2.05, 4.69) is 0 Å². The van der Waals surface area contributed by atoms with E-state index in [-0.39, 0.29) is 0 Å². The van der Waals surface area contributed by atoms with Gasteiger partial charge in [-0.1, -0.05) is 29.8 Å². The number of aromatic carboxylic acids is 1. The molecule has 0 fully saturated rings. The van der Waals surface area contributed by atoms with E-state index in [1.807, 2.05) is 54.9 Å². The van der Waals surface area contributed by atoms with Crippen molar-refractivity contribution in [3.8, 4) is 5.75 Å². The van der Waals surface area contributed by atoms with Crippen molar-refractivity contribution in [1.29, 1.82) is 0 Å². The van der Waals surface area contributed by atoms with Gasteiger partial charge in [-0.15, -0.1) is 0 Å². The lowest BCUT2D eigenvalue weighted by Crippen LogP contribution is -2.01. The van der Waals surface area contributed by atoms with Crippen molar-refractivity contribution in [1.82, 2.24) is 4.57 Å². The van der Waals surface area contributed by atoms with Gasteiger partial charge in [-0.25, -0.2) is 4.79 Å². The van der Waals surface area contributed by atoms with Crippen molar-refractivity contribution in [3.63, 3.8) is 0 Å². The maximum Gasteiger partial charge on any atom is 0.337 e. The van der Waals surface area contributed by atoms with E-state index in [1.165, 1.54) is 5.56 Å². The highest BCUT2D eigenvalue weighted by Gasteiger charge is 2.15. The van der Waals surface area contributed by atoms with Crippen LogP contribution in [-0.4, -0.2) is 15.6 Å². The molecule has 1 aromatic heterocycles. The van der Waals surface area contributed by atoms with Gasteiger partial charge >= 0.3 is 5.97 Å². The number of hydrogen-bond donors (Lipinski definition) is 1. The number of carboxylic acids is 1. The molecule has 0 bridgehead atoms. The lowest BCUT2D eigenvalue weighted by atomic mass is 10.1. The Bertz CT molecular complexity index is 847. The van der Waals surface area contributed by atoms with Gasteiger partial charge in [-0.05, 0) is 32.0 Å². The summed E-state index contributed by atoms with van der Waals surface area (Å²) in [7, 11) is 0. The lowest BCUT2D eigenvalue weighted by molar-refractivity contribution is 0.0698. The summed E-state index contributed by atoms with van der Waals surface area (Å²) in [5, 5.41) is 10.3. The summed E-state index contributed by atoms with van der Waals surface area (Å²) >= 11 is 0. The number of hydrogen-bond acceptors (Lipinski definition) is 2. The van der Waals surface area contributed by atoms with Crippen molar-refractivity contribution in [2.45, 2.75) is 27.0 Å². The molecule has 0 saturated carbocycles. The van der Waals surface area contributed by atoms with E-state index in [0.717, 1.165) is 22.2 Å². The van der Waals surface area contributed by atoms with Crippen molar-refractivity contribution in [2.75, 3.05) is 0 Å². The highest BCUT2D eigenvalue weighted by atomic mass is 16.5. The Kier molecular flexibility index (Phi) is 4.06. The average Bonchev–Trinajstić information content (AvgIpc) is 2.92. The van der Waals surface area contributed by atoms with E-state index in [1.54, 1.807) is 12.1 Å². The van der Waals surface area contributed by atoms with Gasteiger partial charge in [0, 0.05) is 23.7 Å². The number of benzene rings is 2. The third-order valence-electron chi connectivity index (χ3n) is 3.97. The zero-order chi connectivity index (χ0) is 16.4. The number of ether oxygens (including phenoxy) is 1. The van der Waals surface area contributed by atoms with Crippen LogP contribution in [0.2, 0.25) is 0 Å². The zero-order valence-corrected chi connectivity index (χ0v) is 13.2. The van der Waals surface area contributed by atoms with Crippen LogP contribution in [0.3, 0.4) is 0 Å². The summed E-state index contributed by atoms with van der Waals surface area (Å²) in [6, 6.07) is 13.3. The molecule has 118 valence electrons. The number of nitrogens with zero attached hydrogens (tertiary/aromatic N) is 1. The van der Waals surface area contributed by atoms with Crippen molar-refractivity contribution >= 4 is 16.9 Å². The Labute approximate surface area is 134 Å². The molecule has 0 saturated heterocycles. The summed E-state index contributed by atoms with van der Waals surface area (Å²) in [4.78, 5) is 11.5. The molecule has 4 heteroatoms. The molecule has 0 aliphatic heterocycles. The van der Waals surface area contributed by atoms with Crippen LogP contribution in [0.25, 0.3) is 10.9 Å². The average molecular weight is 309 g/mol. The first-order chi connectivity index (χ1) is 11.1. The number of aromatic nitrogens is 1. The number of aryl methyl sites for hydroxylation is 2. The standard InChI is InChI=1S/C19H19NO3/c1-3-20-11-14(12-23-15-9-7-13(2)8-10-15)16-5-4-6-17(18(16)20)19(21)22/h4-11H,3,12H2,1-2H3,(H,21,22). The molecule has 0 aliphatic rings. The minimum atomic E-state index is -0.908. The van der Waals surface area contributed by atoms with Crippen LogP contribution < -0.4 is 4.74 Å². The van der Waals surface area contributed by atoms with E-state index < -0.39 is 5.97 Å². The predicted octanol–water partition coefficient (Wildman–Crippen LogP) is 4.25. The number of para-hydroxylation sites is 1. The smallest absolute Gasteiger partial charge is 0.337 e. The Hall–Kier alpha value is -2.75. The molecule has 1 N–H and O–H groups in total. The van der Waals surface area contributed by atoms with Crippen LogP contribution in [0.15, 0.2) is 48.7 Å². The summed E-state index contributed by atoms with van der Waals surface area (Å²) in [6.07, 6.45) is 1.98. The Balaban J connectivity index is 1.96. The fourth-order valence-electron chi connectivity index (χ4n) is 2.77. The van der Waals surface area contributed by atoms with Crippen LogP contribution in [0, 0.1) is 6.92 Å². The fourth-order valence-corrected chi connectivity index (χ4v) is 2.77. The van der Waals surface area contributed by atoms with Crippen molar-refractivity contribution < 1.29 is 14.6 Å². The quantitative estimate of drug-likeness (QED) is 0.766. The van der Waals surface area contributed by atoms with Gasteiger partial charge in [0.1, 0.15) is 12.4 Å². The monoisotopic (exact) mass is 309 g/mol. The molecule has 0 unspecified atom stereocenters. The number of rotatable bonds is 5. The summed E-state index contributed by atoms with van der Waals surface area (Å²) in [5.41, 5.74) is 3.26. The van der Waals surface area contributed by atoms with Crippen LogP contribution in [0.1, 0.15) is 28.4 Å². The van der Waals surface area contributed by atoms with Crippen LogP contribution in [0.5, 0.6) is 5.75 Å². The predicted molar refractivity (Wildman–Crippen MR) is 90.1 cm³/mol. The minimum absolute atomic E-state index is 0.325. The van der Waals surface area contributed by atoms with E-state index >= 15 is 0 Å². The van der Waals surface area contributed by atoms with Crippen molar-refractivity contribution in [3.05, 3.63) is 65.4 Å². The maximum atomic E-state index is 11.5. The Morgan fingerprint density at radius 3 is 2.57 bits per heavy atom. The molecule has 0 aliphatic carbocycles. The molecule has 3 aromatic rings. The number of carbonyl (C=O) groups is 1. The highest BCUT2D eigenvalue weighted by Crippen LogP contribution is 2.26. The molecule has 0 spiro atoms. The molecule has 0 radical (unpaired) electrons. The number of carboxylic acid groups (broad SMARTS) is 1. The lowest BCUT2D eigenvalue weighted by Gasteiger charge is -2.06. The molecule has 4 nitrogen and oxygen atoms in total. The van der Waals surface area contributed by atoms with Gasteiger partial charge in [-0.3, -0.25) is 0 Å². The van der Waals surface area contributed by atoms with Crippen LogP contribution in [-0.2, 0) is 13.2 Å². The Morgan fingerprint density at radius 1 is 1.17 bits per heavy atom. The molecule has 1 heterocycles. The van der Waals surface area contributed by atoms with Crippen molar-refractivity contribution in [2.24, 2.45) is 0 Å². The second-order valence-electron chi connectivity index (χ2n) is 5.55. The van der Waals surface area contributed by atoms with Gasteiger partial charge in [0.05, 0.1) is 11.1 Å². The summed E-state index contributed by atoms with van der Waals surface area (Å²) < 4.78 is 7.82. The third kappa shape index (κ3) is 2.93. The molecular formula is C19H19NO3. The molecule has 23 heavy (non-hydrogen) atoms. The zero-order valence-electron chi connectivity index (χ0n) is 13.2. The fraction of sp³-hybridized carbons (Fsp3) is 0.211.